The molecular weight excluding hydrogens is 250 g/mol. The van der Waals surface area contributed by atoms with Crippen molar-refractivity contribution in [3.8, 4) is 11.4 Å². The number of hydrogen-bond acceptors (Lipinski definition) is 3. The summed E-state index contributed by atoms with van der Waals surface area (Å²) in [5, 5.41) is 0. The quantitative estimate of drug-likeness (QED) is 0.775. The average Bonchev–Trinajstić information content (AvgIpc) is 2.75. The normalized spacial score (nSPS) is 10.9. The maximum atomic E-state index is 6.11. The fourth-order valence-electron chi connectivity index (χ4n) is 2.57. The lowest BCUT2D eigenvalue weighted by Crippen LogP contribution is -2.02. The molecule has 0 saturated heterocycles. The number of methoxy groups -OCH3 is 1. The van der Waals surface area contributed by atoms with E-state index in [1.54, 1.807) is 7.11 Å². The Hall–Kier alpha value is -2.49. The topological polar surface area (TPSA) is 53.1 Å². The summed E-state index contributed by atoms with van der Waals surface area (Å²) < 4.78 is 7.31. The lowest BCUT2D eigenvalue weighted by Gasteiger charge is -2.11. The van der Waals surface area contributed by atoms with E-state index in [9.17, 15) is 0 Å². The zero-order chi connectivity index (χ0) is 14.3. The Balaban J connectivity index is 2.34. The number of nitrogen functional groups attached to an aromatic ring is 1. The molecule has 2 aromatic carbocycles. The molecule has 4 heteroatoms. The summed E-state index contributed by atoms with van der Waals surface area (Å²) in [4.78, 5) is 4.44. The molecule has 1 heterocycles. The summed E-state index contributed by atoms with van der Waals surface area (Å²) in [5.41, 5.74) is 11.3. The van der Waals surface area contributed by atoms with Gasteiger partial charge in [-0.3, -0.25) is 4.57 Å². The van der Waals surface area contributed by atoms with E-state index in [1.807, 2.05) is 22.8 Å². The predicted molar refractivity (Wildman–Crippen MR) is 81.5 cm³/mol. The maximum Gasteiger partial charge on any atom is 0.206 e. The van der Waals surface area contributed by atoms with E-state index >= 15 is 0 Å². The van der Waals surface area contributed by atoms with Crippen molar-refractivity contribution in [2.45, 2.75) is 13.8 Å². The summed E-state index contributed by atoms with van der Waals surface area (Å²) in [5.74, 6) is 1.20. The first-order valence-corrected chi connectivity index (χ1v) is 6.50. The SMILES string of the molecule is COc1cccc2c1nc(N)n2-c1ccc(C)cc1C. The van der Waals surface area contributed by atoms with Crippen molar-refractivity contribution in [1.82, 2.24) is 9.55 Å². The van der Waals surface area contributed by atoms with Crippen LogP contribution < -0.4 is 10.5 Å². The molecule has 20 heavy (non-hydrogen) atoms. The van der Waals surface area contributed by atoms with Gasteiger partial charge in [0.25, 0.3) is 0 Å². The molecular formula is C16H17N3O. The Kier molecular flexibility index (Phi) is 2.86. The van der Waals surface area contributed by atoms with E-state index in [-0.39, 0.29) is 0 Å². The lowest BCUT2D eigenvalue weighted by molar-refractivity contribution is 0.419. The molecule has 3 aromatic rings. The molecule has 1 aromatic heterocycles. The third-order valence-corrected chi connectivity index (χ3v) is 3.49. The van der Waals surface area contributed by atoms with Gasteiger partial charge in [0.15, 0.2) is 0 Å². The number of aryl methyl sites for hydroxylation is 2. The lowest BCUT2D eigenvalue weighted by atomic mass is 10.1. The third-order valence-electron chi connectivity index (χ3n) is 3.49. The number of para-hydroxylation sites is 1. The van der Waals surface area contributed by atoms with Gasteiger partial charge >= 0.3 is 0 Å². The second-order valence-electron chi connectivity index (χ2n) is 4.92. The highest BCUT2D eigenvalue weighted by Crippen LogP contribution is 2.30. The fraction of sp³-hybridized carbons (Fsp3) is 0.188. The monoisotopic (exact) mass is 267 g/mol. The van der Waals surface area contributed by atoms with Gasteiger partial charge in [-0.15, -0.1) is 0 Å². The Labute approximate surface area is 117 Å². The molecule has 0 unspecified atom stereocenters. The van der Waals surface area contributed by atoms with E-state index in [1.165, 1.54) is 11.1 Å². The standard InChI is InChI=1S/C16H17N3O/c1-10-7-8-12(11(2)9-10)19-13-5-4-6-14(20-3)15(13)18-16(19)17/h4-9H,1-3H3,(H2,17,18). The number of benzene rings is 2. The number of aromatic nitrogens is 2. The van der Waals surface area contributed by atoms with Gasteiger partial charge in [-0.1, -0.05) is 23.8 Å². The molecule has 0 radical (unpaired) electrons. The molecule has 4 nitrogen and oxygen atoms in total. The van der Waals surface area contributed by atoms with Gasteiger partial charge in [-0.05, 0) is 37.6 Å². The first-order chi connectivity index (χ1) is 9.61. The number of fused-ring (bicyclic) bond motifs is 1. The van der Waals surface area contributed by atoms with Gasteiger partial charge in [-0.25, -0.2) is 4.98 Å². The molecule has 3 rings (SSSR count). The maximum absolute atomic E-state index is 6.11. The summed E-state index contributed by atoms with van der Waals surface area (Å²) in [7, 11) is 1.64. The predicted octanol–water partition coefficient (Wildman–Crippen LogP) is 3.23. The first-order valence-electron chi connectivity index (χ1n) is 6.50. The van der Waals surface area contributed by atoms with Crippen LogP contribution in [0.4, 0.5) is 5.95 Å². The van der Waals surface area contributed by atoms with Gasteiger partial charge in [0.1, 0.15) is 11.3 Å². The fourth-order valence-corrected chi connectivity index (χ4v) is 2.57. The summed E-state index contributed by atoms with van der Waals surface area (Å²) in [6.07, 6.45) is 0. The van der Waals surface area contributed by atoms with Crippen LogP contribution in [0.5, 0.6) is 5.75 Å². The second kappa shape index (κ2) is 4.56. The first kappa shape index (κ1) is 12.5. The van der Waals surface area contributed by atoms with Crippen LogP contribution in [0, 0.1) is 13.8 Å². The molecule has 0 spiro atoms. The van der Waals surface area contributed by atoms with Crippen LogP contribution in [0.1, 0.15) is 11.1 Å². The van der Waals surface area contributed by atoms with Crippen LogP contribution in [0.25, 0.3) is 16.7 Å². The van der Waals surface area contributed by atoms with Gasteiger partial charge in [0.05, 0.1) is 18.3 Å². The van der Waals surface area contributed by atoms with Crippen LogP contribution in [-0.2, 0) is 0 Å². The number of anilines is 1. The van der Waals surface area contributed by atoms with Gasteiger partial charge in [0, 0.05) is 0 Å². The van der Waals surface area contributed by atoms with Crippen molar-refractivity contribution < 1.29 is 4.74 Å². The minimum atomic E-state index is 0.469. The molecule has 0 atom stereocenters. The largest absolute Gasteiger partial charge is 0.494 e. The number of nitrogens with two attached hydrogens (primary N) is 1. The zero-order valence-corrected chi connectivity index (χ0v) is 11.8. The van der Waals surface area contributed by atoms with Crippen LogP contribution in [0.3, 0.4) is 0 Å². The molecule has 0 fully saturated rings. The molecule has 2 N–H and O–H groups in total. The van der Waals surface area contributed by atoms with E-state index in [2.05, 4.69) is 37.0 Å². The van der Waals surface area contributed by atoms with Crippen molar-refractivity contribution in [1.29, 1.82) is 0 Å². The minimum Gasteiger partial charge on any atom is -0.494 e. The smallest absolute Gasteiger partial charge is 0.206 e. The minimum absolute atomic E-state index is 0.469. The number of rotatable bonds is 2. The number of nitrogens with zero attached hydrogens (tertiary/aromatic N) is 2. The van der Waals surface area contributed by atoms with Gasteiger partial charge in [-0.2, -0.15) is 0 Å². The van der Waals surface area contributed by atoms with Crippen molar-refractivity contribution in [3.63, 3.8) is 0 Å². The van der Waals surface area contributed by atoms with Crippen molar-refractivity contribution in [3.05, 3.63) is 47.5 Å². The van der Waals surface area contributed by atoms with E-state index < -0.39 is 0 Å². The Morgan fingerprint density at radius 3 is 2.65 bits per heavy atom. The molecule has 0 bridgehead atoms. The number of hydrogen-bond donors (Lipinski definition) is 1. The molecule has 0 aliphatic heterocycles. The Bertz CT molecular complexity index is 790. The van der Waals surface area contributed by atoms with Crippen LogP contribution in [0.15, 0.2) is 36.4 Å². The van der Waals surface area contributed by atoms with E-state index in [0.29, 0.717) is 5.95 Å². The average molecular weight is 267 g/mol. The molecule has 0 aliphatic carbocycles. The van der Waals surface area contributed by atoms with Gasteiger partial charge < -0.3 is 10.5 Å². The van der Waals surface area contributed by atoms with Crippen LogP contribution in [0.2, 0.25) is 0 Å². The van der Waals surface area contributed by atoms with Crippen molar-refractivity contribution >= 4 is 17.0 Å². The van der Waals surface area contributed by atoms with Crippen LogP contribution in [-0.4, -0.2) is 16.7 Å². The summed E-state index contributed by atoms with van der Waals surface area (Å²) in [6, 6.07) is 12.1. The zero-order valence-electron chi connectivity index (χ0n) is 11.8. The molecule has 0 aliphatic rings. The number of ether oxygens (including phenoxy) is 1. The highest BCUT2D eigenvalue weighted by Gasteiger charge is 2.14. The van der Waals surface area contributed by atoms with Crippen molar-refractivity contribution in [2.24, 2.45) is 0 Å². The Morgan fingerprint density at radius 1 is 1.15 bits per heavy atom. The van der Waals surface area contributed by atoms with Gasteiger partial charge in [0.2, 0.25) is 5.95 Å². The summed E-state index contributed by atoms with van der Waals surface area (Å²) >= 11 is 0. The van der Waals surface area contributed by atoms with E-state index in [0.717, 1.165) is 22.5 Å². The summed E-state index contributed by atoms with van der Waals surface area (Å²) in [6.45, 7) is 4.16. The molecule has 102 valence electrons. The van der Waals surface area contributed by atoms with Crippen LogP contribution >= 0.6 is 0 Å². The van der Waals surface area contributed by atoms with E-state index in [4.69, 9.17) is 10.5 Å². The highest BCUT2D eigenvalue weighted by atomic mass is 16.5. The van der Waals surface area contributed by atoms with Crippen molar-refractivity contribution in [2.75, 3.05) is 12.8 Å². The highest BCUT2D eigenvalue weighted by molar-refractivity contribution is 5.86. The molecule has 0 amide bonds. The third kappa shape index (κ3) is 1.81. The second-order valence-corrected chi connectivity index (χ2v) is 4.92. The molecule has 0 saturated carbocycles. The Morgan fingerprint density at radius 2 is 1.95 bits per heavy atom. The number of imidazole rings is 1.